The highest BCUT2D eigenvalue weighted by Gasteiger charge is 2.24. The van der Waals surface area contributed by atoms with Crippen molar-refractivity contribution in [2.24, 2.45) is 0 Å². The zero-order valence-electron chi connectivity index (χ0n) is 13.6. The van der Waals surface area contributed by atoms with Gasteiger partial charge in [-0.1, -0.05) is 23.7 Å². The van der Waals surface area contributed by atoms with Crippen molar-refractivity contribution >= 4 is 29.2 Å². The number of nitro benzene ring substituents is 1. The van der Waals surface area contributed by atoms with Gasteiger partial charge in [0.05, 0.1) is 22.6 Å². The Bertz CT molecular complexity index is 855. The minimum absolute atomic E-state index is 0.131. The van der Waals surface area contributed by atoms with Crippen molar-refractivity contribution in [2.45, 2.75) is 12.5 Å². The number of nitro groups is 1. The van der Waals surface area contributed by atoms with Gasteiger partial charge < -0.3 is 15.2 Å². The van der Waals surface area contributed by atoms with Crippen molar-refractivity contribution in [1.82, 2.24) is 5.32 Å². The zero-order chi connectivity index (χ0) is 19.3. The number of methoxy groups -OCH3 is 1. The third-order valence-electron chi connectivity index (χ3n) is 3.62. The molecule has 2 rings (SSSR count). The van der Waals surface area contributed by atoms with Gasteiger partial charge in [-0.25, -0.2) is 4.79 Å². The van der Waals surface area contributed by atoms with E-state index in [1.54, 1.807) is 12.1 Å². The Morgan fingerprint density at radius 3 is 2.58 bits per heavy atom. The van der Waals surface area contributed by atoms with Crippen LogP contribution in [0.1, 0.15) is 15.9 Å². The Balaban J connectivity index is 2.27. The van der Waals surface area contributed by atoms with Crippen molar-refractivity contribution in [3.05, 3.63) is 68.7 Å². The first-order valence-electron chi connectivity index (χ1n) is 7.43. The number of hydrogen-bond acceptors (Lipinski definition) is 5. The number of benzene rings is 2. The average Bonchev–Trinajstić information content (AvgIpc) is 2.61. The highest BCUT2D eigenvalue weighted by atomic mass is 35.5. The third-order valence-corrected chi connectivity index (χ3v) is 3.95. The van der Waals surface area contributed by atoms with Gasteiger partial charge in [-0.05, 0) is 18.2 Å². The number of amides is 1. The molecule has 0 bridgehead atoms. The van der Waals surface area contributed by atoms with E-state index >= 15 is 0 Å². The van der Waals surface area contributed by atoms with Crippen LogP contribution in [0.3, 0.4) is 0 Å². The summed E-state index contributed by atoms with van der Waals surface area (Å²) in [6, 6.07) is 8.73. The van der Waals surface area contributed by atoms with E-state index < -0.39 is 22.8 Å². The molecule has 26 heavy (non-hydrogen) atoms. The Morgan fingerprint density at radius 2 is 2.00 bits per heavy atom. The molecule has 9 heteroatoms. The third kappa shape index (κ3) is 4.48. The monoisotopic (exact) mass is 378 g/mol. The average molecular weight is 379 g/mol. The fourth-order valence-corrected chi connectivity index (χ4v) is 2.56. The van der Waals surface area contributed by atoms with Gasteiger partial charge in [0.2, 0.25) is 0 Å². The lowest BCUT2D eigenvalue weighted by atomic mass is 10.0. The summed E-state index contributed by atoms with van der Waals surface area (Å²) < 4.78 is 5.12. The molecule has 2 aromatic rings. The number of aliphatic carboxylic acids is 1. The van der Waals surface area contributed by atoms with Gasteiger partial charge in [0, 0.05) is 24.1 Å². The number of carboxylic acids is 1. The molecule has 0 radical (unpaired) electrons. The van der Waals surface area contributed by atoms with Gasteiger partial charge in [-0.3, -0.25) is 14.9 Å². The normalized spacial score (nSPS) is 11.5. The van der Waals surface area contributed by atoms with Crippen LogP contribution in [0.4, 0.5) is 5.69 Å². The molecule has 1 amide bonds. The topological polar surface area (TPSA) is 119 Å². The standard InChI is InChI=1S/C17H15ClN2O6/c1-26-15-7-6-11(20(24)25)8-10(15)9-14(17(22)23)19-16(21)12-4-2-3-5-13(12)18/h2-8,14H,9H2,1H3,(H,19,21)(H,22,23)/t14-/m0/s1. The number of carbonyl (C=O) groups is 2. The number of hydrogen-bond donors (Lipinski definition) is 2. The largest absolute Gasteiger partial charge is 0.496 e. The lowest BCUT2D eigenvalue weighted by Gasteiger charge is -2.16. The van der Waals surface area contributed by atoms with E-state index in [0.717, 1.165) is 0 Å². The second-order valence-corrected chi connectivity index (χ2v) is 5.71. The number of non-ortho nitro benzene ring substituents is 1. The second kappa shape index (κ2) is 8.30. The zero-order valence-corrected chi connectivity index (χ0v) is 14.4. The Hall–Kier alpha value is -3.13. The molecule has 0 aliphatic heterocycles. The summed E-state index contributed by atoms with van der Waals surface area (Å²) in [5, 5.41) is 22.9. The van der Waals surface area contributed by atoms with Crippen molar-refractivity contribution in [2.75, 3.05) is 7.11 Å². The van der Waals surface area contributed by atoms with Gasteiger partial charge in [-0.2, -0.15) is 0 Å². The van der Waals surface area contributed by atoms with Crippen molar-refractivity contribution < 1.29 is 24.4 Å². The quantitative estimate of drug-likeness (QED) is 0.564. The van der Waals surface area contributed by atoms with Crippen LogP contribution in [-0.4, -0.2) is 35.1 Å². The molecule has 0 aromatic heterocycles. The highest BCUT2D eigenvalue weighted by Crippen LogP contribution is 2.25. The Kier molecular flexibility index (Phi) is 6.13. The number of rotatable bonds is 7. The van der Waals surface area contributed by atoms with Gasteiger partial charge in [0.25, 0.3) is 11.6 Å². The molecule has 136 valence electrons. The molecule has 0 aliphatic rings. The van der Waals surface area contributed by atoms with Crippen molar-refractivity contribution in [1.29, 1.82) is 0 Å². The number of carbonyl (C=O) groups excluding carboxylic acids is 1. The lowest BCUT2D eigenvalue weighted by molar-refractivity contribution is -0.384. The molecule has 0 saturated heterocycles. The highest BCUT2D eigenvalue weighted by molar-refractivity contribution is 6.33. The summed E-state index contributed by atoms with van der Waals surface area (Å²) in [6.07, 6.45) is -0.198. The van der Waals surface area contributed by atoms with E-state index in [1.165, 1.54) is 37.4 Å². The second-order valence-electron chi connectivity index (χ2n) is 5.30. The van der Waals surface area contributed by atoms with Crippen LogP contribution in [0.25, 0.3) is 0 Å². The summed E-state index contributed by atoms with van der Waals surface area (Å²) in [5.41, 5.74) is 0.211. The van der Waals surface area contributed by atoms with Gasteiger partial charge >= 0.3 is 5.97 Å². The maximum Gasteiger partial charge on any atom is 0.326 e. The summed E-state index contributed by atoms with van der Waals surface area (Å²) in [5.74, 6) is -1.67. The van der Waals surface area contributed by atoms with Crippen LogP contribution >= 0.6 is 11.6 Å². The van der Waals surface area contributed by atoms with Crippen molar-refractivity contribution in [3.63, 3.8) is 0 Å². The van der Waals surface area contributed by atoms with Crippen LogP contribution in [0.5, 0.6) is 5.75 Å². The molecule has 0 unspecified atom stereocenters. The maximum atomic E-state index is 12.3. The van der Waals surface area contributed by atoms with Crippen LogP contribution in [0, 0.1) is 10.1 Å². The number of nitrogens with zero attached hydrogens (tertiary/aromatic N) is 1. The minimum atomic E-state index is -1.32. The van der Waals surface area contributed by atoms with Gasteiger partial charge in [0.1, 0.15) is 11.8 Å². The fraction of sp³-hybridized carbons (Fsp3) is 0.176. The lowest BCUT2D eigenvalue weighted by Crippen LogP contribution is -2.42. The molecule has 2 aromatic carbocycles. The van der Waals surface area contributed by atoms with Crippen LogP contribution in [0.15, 0.2) is 42.5 Å². The molecule has 2 N–H and O–H groups in total. The molecule has 0 heterocycles. The van der Waals surface area contributed by atoms with Crippen LogP contribution < -0.4 is 10.1 Å². The summed E-state index contributed by atoms with van der Waals surface area (Å²) >= 11 is 5.94. The smallest absolute Gasteiger partial charge is 0.326 e. The van der Waals surface area contributed by atoms with E-state index in [1.807, 2.05) is 0 Å². The Labute approximate surface area is 153 Å². The molecule has 1 atom stereocenters. The predicted molar refractivity (Wildman–Crippen MR) is 93.7 cm³/mol. The fourth-order valence-electron chi connectivity index (χ4n) is 2.34. The molecular weight excluding hydrogens is 364 g/mol. The van der Waals surface area contributed by atoms with E-state index in [0.29, 0.717) is 0 Å². The van der Waals surface area contributed by atoms with E-state index in [-0.39, 0.29) is 34.0 Å². The molecule has 0 saturated carbocycles. The first kappa shape index (κ1) is 19.2. The van der Waals surface area contributed by atoms with Crippen LogP contribution in [-0.2, 0) is 11.2 Å². The molecule has 8 nitrogen and oxygen atoms in total. The number of ether oxygens (including phenoxy) is 1. The van der Waals surface area contributed by atoms with E-state index in [2.05, 4.69) is 5.32 Å². The number of halogens is 1. The predicted octanol–water partition coefficient (Wildman–Crippen LogP) is 2.68. The maximum absolute atomic E-state index is 12.3. The molecule has 0 fully saturated rings. The summed E-state index contributed by atoms with van der Waals surface area (Å²) in [7, 11) is 1.36. The number of carboxylic acid groups (broad SMARTS) is 1. The first-order chi connectivity index (χ1) is 12.3. The summed E-state index contributed by atoms with van der Waals surface area (Å²) in [6.45, 7) is 0. The van der Waals surface area contributed by atoms with E-state index in [9.17, 15) is 24.8 Å². The SMILES string of the molecule is COc1ccc([N+](=O)[O-])cc1C[C@H](NC(=O)c1ccccc1Cl)C(=O)O. The molecule has 0 aliphatic carbocycles. The Morgan fingerprint density at radius 1 is 1.31 bits per heavy atom. The summed E-state index contributed by atoms with van der Waals surface area (Å²) in [4.78, 5) is 34.2. The van der Waals surface area contributed by atoms with Crippen LogP contribution in [0.2, 0.25) is 5.02 Å². The molecule has 0 spiro atoms. The number of nitrogens with one attached hydrogen (secondary N) is 1. The minimum Gasteiger partial charge on any atom is -0.496 e. The van der Waals surface area contributed by atoms with Gasteiger partial charge in [-0.15, -0.1) is 0 Å². The van der Waals surface area contributed by atoms with E-state index in [4.69, 9.17) is 16.3 Å². The van der Waals surface area contributed by atoms with Crippen molar-refractivity contribution in [3.8, 4) is 5.75 Å². The molecular formula is C17H15ClN2O6. The first-order valence-corrected chi connectivity index (χ1v) is 7.80. The van der Waals surface area contributed by atoms with Gasteiger partial charge in [0.15, 0.2) is 0 Å².